The molecule has 0 bridgehead atoms. The van der Waals surface area contributed by atoms with Crippen molar-refractivity contribution in [3.8, 4) is 17.2 Å². The van der Waals surface area contributed by atoms with Crippen molar-refractivity contribution in [1.29, 1.82) is 0 Å². The summed E-state index contributed by atoms with van der Waals surface area (Å²) in [6.45, 7) is 1.37. The Morgan fingerprint density at radius 3 is 2.35 bits per heavy atom. The number of nitrogens with zero attached hydrogens (tertiary/aromatic N) is 1. The van der Waals surface area contributed by atoms with Gasteiger partial charge in [-0.2, -0.15) is 0 Å². The highest BCUT2D eigenvalue weighted by atomic mass is 16.5. The van der Waals surface area contributed by atoms with Crippen LogP contribution in [0.15, 0.2) is 48.5 Å². The Kier molecular flexibility index (Phi) is 5.17. The molecule has 132 valence electrons. The molecule has 0 aliphatic carbocycles. The number of hydrogen-bond acceptors (Lipinski definition) is 5. The molecule has 0 atom stereocenters. The first kappa shape index (κ1) is 17.5. The summed E-state index contributed by atoms with van der Waals surface area (Å²) < 4.78 is 15.8. The topological polar surface area (TPSA) is 57.7 Å². The molecule has 0 amide bonds. The molecule has 3 rings (SSSR count). The number of ether oxygens (including phenoxy) is 3. The summed E-state index contributed by atoms with van der Waals surface area (Å²) in [5, 5.41) is 0.906. The lowest BCUT2D eigenvalue weighted by Crippen LogP contribution is -2.02. The summed E-state index contributed by atoms with van der Waals surface area (Å²) in [5.41, 5.74) is 2.32. The van der Waals surface area contributed by atoms with Crippen LogP contribution in [-0.4, -0.2) is 25.2 Å². The zero-order chi connectivity index (χ0) is 18.5. The molecule has 0 radical (unpaired) electrons. The minimum absolute atomic E-state index is 0.372. The van der Waals surface area contributed by atoms with Crippen LogP contribution >= 0.6 is 0 Å². The lowest BCUT2D eigenvalue weighted by molar-refractivity contribution is -0.131. The minimum Gasteiger partial charge on any atom is -0.497 e. The van der Waals surface area contributed by atoms with Gasteiger partial charge in [0.2, 0.25) is 0 Å². The van der Waals surface area contributed by atoms with Crippen molar-refractivity contribution in [2.75, 3.05) is 14.2 Å². The fraction of sp³-hybridized carbons (Fsp3) is 0.143. The highest BCUT2D eigenvalue weighted by molar-refractivity contribution is 5.88. The molecule has 0 spiro atoms. The predicted molar refractivity (Wildman–Crippen MR) is 102 cm³/mol. The molecule has 2 aromatic carbocycles. The molecule has 26 heavy (non-hydrogen) atoms. The number of methoxy groups -OCH3 is 2. The second-order valence-corrected chi connectivity index (χ2v) is 5.64. The Morgan fingerprint density at radius 2 is 1.69 bits per heavy atom. The van der Waals surface area contributed by atoms with E-state index >= 15 is 0 Å². The van der Waals surface area contributed by atoms with Gasteiger partial charge in [0, 0.05) is 18.4 Å². The SMILES string of the molecule is COc1cc(/C=C/c2ccc3cccc(OC(C)=O)c3n2)cc(OC)c1. The maximum absolute atomic E-state index is 11.3. The van der Waals surface area contributed by atoms with Crippen molar-refractivity contribution in [1.82, 2.24) is 4.98 Å². The standard InChI is InChI=1S/C21H19NO4/c1-14(23)26-20-6-4-5-16-8-10-17(22-21(16)20)9-7-15-11-18(24-2)13-19(12-15)25-3/h4-13H,1-3H3/b9-7+. The molecule has 0 unspecified atom stereocenters. The molecule has 0 saturated carbocycles. The van der Waals surface area contributed by atoms with Gasteiger partial charge in [0.1, 0.15) is 17.0 Å². The molecule has 0 aliphatic heterocycles. The van der Waals surface area contributed by atoms with Crippen LogP contribution in [0.5, 0.6) is 17.2 Å². The predicted octanol–water partition coefficient (Wildman–Crippen LogP) is 4.35. The quantitative estimate of drug-likeness (QED) is 0.506. The van der Waals surface area contributed by atoms with E-state index in [-0.39, 0.29) is 5.97 Å². The van der Waals surface area contributed by atoms with Crippen molar-refractivity contribution in [2.24, 2.45) is 0 Å². The molecule has 0 N–H and O–H groups in total. The number of benzene rings is 2. The van der Waals surface area contributed by atoms with Gasteiger partial charge in [0.15, 0.2) is 5.75 Å². The van der Waals surface area contributed by atoms with Crippen molar-refractivity contribution in [3.63, 3.8) is 0 Å². The minimum atomic E-state index is -0.372. The van der Waals surface area contributed by atoms with E-state index in [1.165, 1.54) is 6.92 Å². The van der Waals surface area contributed by atoms with Crippen molar-refractivity contribution in [3.05, 3.63) is 59.8 Å². The molecule has 0 fully saturated rings. The zero-order valence-corrected chi connectivity index (χ0v) is 14.9. The van der Waals surface area contributed by atoms with Crippen LogP contribution in [0.2, 0.25) is 0 Å². The monoisotopic (exact) mass is 349 g/mol. The van der Waals surface area contributed by atoms with Crippen LogP contribution in [0.1, 0.15) is 18.2 Å². The van der Waals surface area contributed by atoms with E-state index < -0.39 is 0 Å². The molecule has 0 saturated heterocycles. The first-order valence-electron chi connectivity index (χ1n) is 8.08. The number of carbonyl (C=O) groups is 1. The summed E-state index contributed by atoms with van der Waals surface area (Å²) in [6.07, 6.45) is 3.81. The van der Waals surface area contributed by atoms with Crippen LogP contribution in [-0.2, 0) is 4.79 Å². The first-order valence-corrected chi connectivity index (χ1v) is 8.08. The number of para-hydroxylation sites is 1. The lowest BCUT2D eigenvalue weighted by Gasteiger charge is -2.07. The molecule has 5 nitrogen and oxygen atoms in total. The third-order valence-corrected chi connectivity index (χ3v) is 3.78. The highest BCUT2D eigenvalue weighted by Crippen LogP contribution is 2.26. The highest BCUT2D eigenvalue weighted by Gasteiger charge is 2.06. The zero-order valence-electron chi connectivity index (χ0n) is 14.9. The van der Waals surface area contributed by atoms with Crippen LogP contribution in [0, 0.1) is 0 Å². The van der Waals surface area contributed by atoms with Gasteiger partial charge in [-0.3, -0.25) is 4.79 Å². The molecule has 1 heterocycles. The molecular weight excluding hydrogens is 330 g/mol. The van der Waals surface area contributed by atoms with E-state index in [1.807, 2.05) is 54.6 Å². The van der Waals surface area contributed by atoms with Crippen molar-refractivity contribution < 1.29 is 19.0 Å². The number of esters is 1. The van der Waals surface area contributed by atoms with Crippen LogP contribution in [0.4, 0.5) is 0 Å². The average Bonchev–Trinajstić information content (AvgIpc) is 2.66. The number of fused-ring (bicyclic) bond motifs is 1. The van der Waals surface area contributed by atoms with E-state index in [4.69, 9.17) is 14.2 Å². The normalized spacial score (nSPS) is 10.9. The van der Waals surface area contributed by atoms with Gasteiger partial charge >= 0.3 is 5.97 Å². The van der Waals surface area contributed by atoms with E-state index in [1.54, 1.807) is 20.3 Å². The third kappa shape index (κ3) is 4.00. The molecule has 5 heteroatoms. The van der Waals surface area contributed by atoms with E-state index in [2.05, 4.69) is 4.98 Å². The van der Waals surface area contributed by atoms with Crippen LogP contribution < -0.4 is 14.2 Å². The molecule has 3 aromatic rings. The third-order valence-electron chi connectivity index (χ3n) is 3.78. The van der Waals surface area contributed by atoms with Crippen LogP contribution in [0.3, 0.4) is 0 Å². The van der Waals surface area contributed by atoms with E-state index in [0.717, 1.165) is 16.6 Å². The lowest BCUT2D eigenvalue weighted by atomic mass is 10.1. The summed E-state index contributed by atoms with van der Waals surface area (Å²) in [6, 6.07) is 15.0. The summed E-state index contributed by atoms with van der Waals surface area (Å²) in [5.74, 6) is 1.51. The summed E-state index contributed by atoms with van der Waals surface area (Å²) in [7, 11) is 3.23. The number of hydrogen-bond donors (Lipinski definition) is 0. The van der Waals surface area contributed by atoms with Gasteiger partial charge in [-0.15, -0.1) is 0 Å². The average molecular weight is 349 g/mol. The summed E-state index contributed by atoms with van der Waals surface area (Å²) in [4.78, 5) is 15.9. The van der Waals surface area contributed by atoms with Crippen LogP contribution in [0.25, 0.3) is 23.1 Å². The van der Waals surface area contributed by atoms with E-state index in [9.17, 15) is 4.79 Å². The fourth-order valence-electron chi connectivity index (χ4n) is 2.57. The fourth-order valence-corrected chi connectivity index (χ4v) is 2.57. The van der Waals surface area contributed by atoms with Gasteiger partial charge in [-0.25, -0.2) is 4.98 Å². The van der Waals surface area contributed by atoms with Gasteiger partial charge in [-0.05, 0) is 35.9 Å². The van der Waals surface area contributed by atoms with Crippen molar-refractivity contribution in [2.45, 2.75) is 6.92 Å². The number of carbonyl (C=O) groups excluding carboxylic acids is 1. The van der Waals surface area contributed by atoms with Crippen molar-refractivity contribution >= 4 is 29.0 Å². The molecular formula is C21H19NO4. The van der Waals surface area contributed by atoms with E-state index in [0.29, 0.717) is 22.8 Å². The van der Waals surface area contributed by atoms with Gasteiger partial charge < -0.3 is 14.2 Å². The van der Waals surface area contributed by atoms with Gasteiger partial charge in [0.05, 0.1) is 19.9 Å². The van der Waals surface area contributed by atoms with Gasteiger partial charge in [0.25, 0.3) is 0 Å². The summed E-state index contributed by atoms with van der Waals surface area (Å²) >= 11 is 0. The first-order chi connectivity index (χ1) is 12.6. The Hall–Kier alpha value is -3.34. The number of aromatic nitrogens is 1. The second kappa shape index (κ2) is 7.70. The molecule has 1 aromatic heterocycles. The Bertz CT molecular complexity index is 957. The maximum Gasteiger partial charge on any atom is 0.308 e. The molecule has 0 aliphatic rings. The number of rotatable bonds is 5. The smallest absolute Gasteiger partial charge is 0.308 e. The second-order valence-electron chi connectivity index (χ2n) is 5.64. The van der Waals surface area contributed by atoms with Gasteiger partial charge in [-0.1, -0.05) is 24.3 Å². The Balaban J connectivity index is 1.96. The maximum atomic E-state index is 11.3. The largest absolute Gasteiger partial charge is 0.497 e. The number of pyridine rings is 1. The Morgan fingerprint density at radius 1 is 0.962 bits per heavy atom. The Labute approximate surface area is 151 Å².